The molecule has 0 radical (unpaired) electrons. The van der Waals surface area contributed by atoms with E-state index in [1.807, 2.05) is 37.3 Å². The van der Waals surface area contributed by atoms with Crippen LogP contribution >= 0.6 is 0 Å². The van der Waals surface area contributed by atoms with Crippen LogP contribution in [0.25, 0.3) is 0 Å². The number of aryl methyl sites for hydroxylation is 1. The Morgan fingerprint density at radius 3 is 2.38 bits per heavy atom. The third-order valence-corrected chi connectivity index (χ3v) is 3.60. The summed E-state index contributed by atoms with van der Waals surface area (Å²) in [6, 6.07) is 14.7. The number of benzene rings is 2. The lowest BCUT2D eigenvalue weighted by molar-refractivity contribution is -0.142. The van der Waals surface area contributed by atoms with E-state index in [9.17, 15) is 9.90 Å². The Morgan fingerprint density at radius 1 is 1.14 bits per heavy atom. The van der Waals surface area contributed by atoms with Gasteiger partial charge in [-0.1, -0.05) is 36.4 Å². The summed E-state index contributed by atoms with van der Waals surface area (Å²) in [6.07, 6.45) is 0. The largest absolute Gasteiger partial charge is 0.496 e. The van der Waals surface area contributed by atoms with Crippen molar-refractivity contribution < 1.29 is 14.6 Å². The summed E-state index contributed by atoms with van der Waals surface area (Å²) in [5, 5.41) is 12.9. The molecule has 0 bridgehead atoms. The van der Waals surface area contributed by atoms with E-state index in [-0.39, 0.29) is 0 Å². The van der Waals surface area contributed by atoms with Gasteiger partial charge in [0.15, 0.2) is 5.54 Å². The van der Waals surface area contributed by atoms with E-state index in [0.29, 0.717) is 11.3 Å². The average molecular weight is 285 g/mol. The molecule has 4 heteroatoms. The summed E-state index contributed by atoms with van der Waals surface area (Å²) in [5.74, 6) is -0.418. The topological polar surface area (TPSA) is 58.6 Å². The molecule has 0 saturated heterocycles. The summed E-state index contributed by atoms with van der Waals surface area (Å²) < 4.78 is 5.31. The fraction of sp³-hybridized carbons (Fsp3) is 0.235. The van der Waals surface area contributed by atoms with Crippen LogP contribution in [0.1, 0.15) is 18.1 Å². The number of rotatable bonds is 5. The summed E-state index contributed by atoms with van der Waals surface area (Å²) in [6.45, 7) is 3.58. The molecule has 0 fully saturated rings. The number of anilines is 1. The predicted molar refractivity (Wildman–Crippen MR) is 82.8 cm³/mol. The minimum Gasteiger partial charge on any atom is -0.496 e. The van der Waals surface area contributed by atoms with E-state index in [1.165, 1.54) is 7.11 Å². The maximum atomic E-state index is 11.9. The Morgan fingerprint density at radius 2 is 1.76 bits per heavy atom. The number of ether oxygens (including phenoxy) is 1. The molecular weight excluding hydrogens is 266 g/mol. The average Bonchev–Trinajstić information content (AvgIpc) is 2.49. The van der Waals surface area contributed by atoms with Gasteiger partial charge in [0.25, 0.3) is 0 Å². The van der Waals surface area contributed by atoms with Gasteiger partial charge in [-0.25, -0.2) is 4.79 Å². The van der Waals surface area contributed by atoms with E-state index in [0.717, 1.165) is 11.3 Å². The summed E-state index contributed by atoms with van der Waals surface area (Å²) in [5.41, 5.74) is 1.08. The van der Waals surface area contributed by atoms with Crippen molar-refractivity contribution in [2.45, 2.75) is 19.4 Å². The molecule has 2 rings (SSSR count). The molecule has 1 unspecified atom stereocenters. The van der Waals surface area contributed by atoms with Crippen LogP contribution in [0.3, 0.4) is 0 Å². The first-order chi connectivity index (χ1) is 9.99. The Bertz CT molecular complexity index is 654. The highest BCUT2D eigenvalue weighted by Crippen LogP contribution is 2.34. The molecule has 2 aromatic carbocycles. The highest BCUT2D eigenvalue weighted by molar-refractivity contribution is 5.85. The quantitative estimate of drug-likeness (QED) is 0.883. The molecule has 0 aliphatic carbocycles. The third kappa shape index (κ3) is 2.84. The van der Waals surface area contributed by atoms with Crippen LogP contribution in [-0.2, 0) is 10.3 Å². The lowest BCUT2D eigenvalue weighted by Crippen LogP contribution is -2.41. The first-order valence-corrected chi connectivity index (χ1v) is 6.69. The second-order valence-electron chi connectivity index (χ2n) is 5.07. The van der Waals surface area contributed by atoms with Crippen LogP contribution in [0.15, 0.2) is 48.5 Å². The van der Waals surface area contributed by atoms with Crippen LogP contribution in [-0.4, -0.2) is 18.2 Å². The van der Waals surface area contributed by atoms with Crippen LogP contribution in [0, 0.1) is 6.92 Å². The third-order valence-electron chi connectivity index (χ3n) is 3.60. The van der Waals surface area contributed by atoms with Gasteiger partial charge in [0.1, 0.15) is 5.75 Å². The molecule has 0 amide bonds. The van der Waals surface area contributed by atoms with Crippen molar-refractivity contribution in [2.24, 2.45) is 0 Å². The zero-order chi connectivity index (χ0) is 15.5. The van der Waals surface area contributed by atoms with Crippen molar-refractivity contribution in [3.63, 3.8) is 0 Å². The van der Waals surface area contributed by atoms with Gasteiger partial charge in [-0.3, -0.25) is 0 Å². The number of nitrogens with one attached hydrogen (secondary N) is 1. The predicted octanol–water partition coefficient (Wildman–Crippen LogP) is 3.42. The first-order valence-electron chi connectivity index (χ1n) is 6.69. The zero-order valence-corrected chi connectivity index (χ0v) is 12.4. The van der Waals surface area contributed by atoms with Gasteiger partial charge >= 0.3 is 5.97 Å². The molecule has 0 spiro atoms. The van der Waals surface area contributed by atoms with Crippen LogP contribution in [0.5, 0.6) is 5.75 Å². The number of carboxylic acid groups (broad SMARTS) is 1. The van der Waals surface area contributed by atoms with E-state index in [1.54, 1.807) is 25.1 Å². The van der Waals surface area contributed by atoms with Gasteiger partial charge in [0, 0.05) is 11.3 Å². The summed E-state index contributed by atoms with van der Waals surface area (Å²) >= 11 is 0. The number of methoxy groups -OCH3 is 1. The fourth-order valence-corrected chi connectivity index (χ4v) is 2.28. The number of hydrogen-bond donors (Lipinski definition) is 2. The minimum atomic E-state index is -1.28. The number of aliphatic carboxylic acids is 1. The molecule has 0 aliphatic heterocycles. The van der Waals surface area contributed by atoms with Gasteiger partial charge in [0.05, 0.1) is 7.11 Å². The van der Waals surface area contributed by atoms with E-state index < -0.39 is 11.5 Å². The molecule has 21 heavy (non-hydrogen) atoms. The van der Waals surface area contributed by atoms with E-state index >= 15 is 0 Å². The van der Waals surface area contributed by atoms with Crippen molar-refractivity contribution in [3.05, 3.63) is 59.7 Å². The molecule has 1 atom stereocenters. The Kier molecular flexibility index (Phi) is 4.17. The molecule has 110 valence electrons. The number of carbonyl (C=O) groups is 1. The summed E-state index contributed by atoms with van der Waals surface area (Å²) in [4.78, 5) is 11.9. The molecule has 0 saturated carbocycles. The highest BCUT2D eigenvalue weighted by atomic mass is 16.5. The second kappa shape index (κ2) is 5.87. The SMILES string of the molecule is COc1ccccc1C(C)(Nc1ccccc1C)C(=O)O. The van der Waals surface area contributed by atoms with Crippen molar-refractivity contribution in [1.82, 2.24) is 0 Å². The second-order valence-corrected chi connectivity index (χ2v) is 5.07. The lowest BCUT2D eigenvalue weighted by Gasteiger charge is -2.30. The van der Waals surface area contributed by atoms with Crippen LogP contribution in [0.2, 0.25) is 0 Å². The number of carboxylic acids is 1. The Hall–Kier alpha value is -2.49. The highest BCUT2D eigenvalue weighted by Gasteiger charge is 2.37. The monoisotopic (exact) mass is 285 g/mol. The molecule has 0 heterocycles. The molecule has 0 aliphatic rings. The molecule has 2 aromatic rings. The van der Waals surface area contributed by atoms with Crippen molar-refractivity contribution >= 4 is 11.7 Å². The van der Waals surface area contributed by atoms with Gasteiger partial charge in [0.2, 0.25) is 0 Å². The van der Waals surface area contributed by atoms with E-state index in [4.69, 9.17) is 4.74 Å². The van der Waals surface area contributed by atoms with Crippen molar-refractivity contribution in [1.29, 1.82) is 0 Å². The standard InChI is InChI=1S/C17H19NO3/c1-12-8-4-6-10-14(12)18-17(2,16(19)20)13-9-5-7-11-15(13)21-3/h4-11,18H,1-3H3,(H,19,20). The normalized spacial score (nSPS) is 13.3. The Balaban J connectivity index is 2.51. The smallest absolute Gasteiger partial charge is 0.333 e. The molecule has 4 nitrogen and oxygen atoms in total. The maximum absolute atomic E-state index is 11.9. The van der Waals surface area contributed by atoms with Gasteiger partial charge in [-0.05, 0) is 31.5 Å². The van der Waals surface area contributed by atoms with Gasteiger partial charge < -0.3 is 15.2 Å². The molecule has 0 aromatic heterocycles. The minimum absolute atomic E-state index is 0.545. The van der Waals surface area contributed by atoms with E-state index in [2.05, 4.69) is 5.32 Å². The van der Waals surface area contributed by atoms with Gasteiger partial charge in [-0.15, -0.1) is 0 Å². The van der Waals surface area contributed by atoms with Crippen LogP contribution in [0.4, 0.5) is 5.69 Å². The maximum Gasteiger partial charge on any atom is 0.333 e. The lowest BCUT2D eigenvalue weighted by atomic mass is 9.90. The zero-order valence-electron chi connectivity index (χ0n) is 12.4. The Labute approximate surface area is 124 Å². The van der Waals surface area contributed by atoms with Crippen LogP contribution < -0.4 is 10.1 Å². The van der Waals surface area contributed by atoms with Gasteiger partial charge in [-0.2, -0.15) is 0 Å². The molecular formula is C17H19NO3. The fourth-order valence-electron chi connectivity index (χ4n) is 2.28. The number of para-hydroxylation sites is 2. The molecule has 2 N–H and O–H groups in total. The van der Waals surface area contributed by atoms with Crippen molar-refractivity contribution in [3.8, 4) is 5.75 Å². The number of hydrogen-bond acceptors (Lipinski definition) is 3. The first kappa shape index (κ1) is 14.9. The summed E-state index contributed by atoms with van der Waals surface area (Å²) in [7, 11) is 1.54. The van der Waals surface area contributed by atoms with Crippen molar-refractivity contribution in [2.75, 3.05) is 12.4 Å².